The molecular formula is C9H16N2O. The standard InChI is InChI=1S/C9H16N2O/c12-9-8-4-2-1-3-6-11(8)7-5-10-9/h8H,1-7H2,(H,10,12)/t8-/m1/s1. The maximum atomic E-state index is 11.4. The van der Waals surface area contributed by atoms with Crippen molar-refractivity contribution >= 4 is 5.91 Å². The zero-order valence-electron chi connectivity index (χ0n) is 7.38. The lowest BCUT2D eigenvalue weighted by Crippen LogP contribution is -2.54. The van der Waals surface area contributed by atoms with Gasteiger partial charge in [-0.05, 0) is 19.4 Å². The molecule has 0 aliphatic carbocycles. The Balaban J connectivity index is 2.05. The Morgan fingerprint density at radius 2 is 2.17 bits per heavy atom. The molecule has 1 amide bonds. The highest BCUT2D eigenvalue weighted by Crippen LogP contribution is 2.17. The van der Waals surface area contributed by atoms with Gasteiger partial charge in [-0.2, -0.15) is 0 Å². The molecule has 0 aromatic heterocycles. The lowest BCUT2D eigenvalue weighted by Gasteiger charge is -2.33. The van der Waals surface area contributed by atoms with Gasteiger partial charge in [0.25, 0.3) is 0 Å². The van der Waals surface area contributed by atoms with Crippen molar-refractivity contribution in [3.63, 3.8) is 0 Å². The predicted molar refractivity (Wildman–Crippen MR) is 46.8 cm³/mol. The van der Waals surface area contributed by atoms with Crippen molar-refractivity contribution in [1.29, 1.82) is 0 Å². The smallest absolute Gasteiger partial charge is 0.237 e. The first-order chi connectivity index (χ1) is 5.88. The number of carbonyl (C=O) groups is 1. The molecule has 2 saturated heterocycles. The largest absolute Gasteiger partial charge is 0.353 e. The van der Waals surface area contributed by atoms with E-state index in [-0.39, 0.29) is 11.9 Å². The van der Waals surface area contributed by atoms with Crippen LogP contribution in [0.2, 0.25) is 0 Å². The Bertz CT molecular complexity index is 181. The van der Waals surface area contributed by atoms with Crippen LogP contribution in [0.5, 0.6) is 0 Å². The number of fused-ring (bicyclic) bond motifs is 1. The van der Waals surface area contributed by atoms with Crippen LogP contribution in [0.3, 0.4) is 0 Å². The Morgan fingerprint density at radius 1 is 1.25 bits per heavy atom. The van der Waals surface area contributed by atoms with E-state index in [0.717, 1.165) is 26.1 Å². The molecule has 0 spiro atoms. The number of hydrogen-bond donors (Lipinski definition) is 1. The highest BCUT2D eigenvalue weighted by atomic mass is 16.2. The lowest BCUT2D eigenvalue weighted by molar-refractivity contribution is -0.128. The van der Waals surface area contributed by atoms with Crippen molar-refractivity contribution < 1.29 is 4.79 Å². The molecule has 68 valence electrons. The third-order valence-corrected chi connectivity index (χ3v) is 2.86. The van der Waals surface area contributed by atoms with E-state index >= 15 is 0 Å². The van der Waals surface area contributed by atoms with Crippen molar-refractivity contribution in [3.05, 3.63) is 0 Å². The monoisotopic (exact) mass is 168 g/mol. The van der Waals surface area contributed by atoms with Gasteiger partial charge in [0.2, 0.25) is 5.91 Å². The number of carbonyl (C=O) groups excluding carboxylic acids is 1. The zero-order chi connectivity index (χ0) is 8.39. The summed E-state index contributed by atoms with van der Waals surface area (Å²) in [6.07, 6.45) is 4.84. The summed E-state index contributed by atoms with van der Waals surface area (Å²) in [6, 6.07) is 0.196. The van der Waals surface area contributed by atoms with Gasteiger partial charge in [-0.3, -0.25) is 9.69 Å². The number of amides is 1. The van der Waals surface area contributed by atoms with Crippen LogP contribution in [0, 0.1) is 0 Å². The van der Waals surface area contributed by atoms with Crippen molar-refractivity contribution in [1.82, 2.24) is 10.2 Å². The van der Waals surface area contributed by atoms with Crippen molar-refractivity contribution in [3.8, 4) is 0 Å². The van der Waals surface area contributed by atoms with Gasteiger partial charge in [0.1, 0.15) is 0 Å². The van der Waals surface area contributed by atoms with Gasteiger partial charge in [-0.15, -0.1) is 0 Å². The Kier molecular flexibility index (Phi) is 2.30. The van der Waals surface area contributed by atoms with E-state index in [1.165, 1.54) is 19.3 Å². The van der Waals surface area contributed by atoms with Crippen LogP contribution in [-0.4, -0.2) is 36.5 Å². The molecule has 2 fully saturated rings. The maximum Gasteiger partial charge on any atom is 0.237 e. The van der Waals surface area contributed by atoms with Gasteiger partial charge in [-0.1, -0.05) is 12.8 Å². The molecule has 3 nitrogen and oxygen atoms in total. The van der Waals surface area contributed by atoms with Gasteiger partial charge < -0.3 is 5.32 Å². The van der Waals surface area contributed by atoms with Gasteiger partial charge in [0, 0.05) is 13.1 Å². The minimum Gasteiger partial charge on any atom is -0.353 e. The molecule has 0 saturated carbocycles. The van der Waals surface area contributed by atoms with E-state index in [4.69, 9.17) is 0 Å². The molecule has 0 bridgehead atoms. The van der Waals surface area contributed by atoms with Gasteiger partial charge >= 0.3 is 0 Å². The number of nitrogens with zero attached hydrogens (tertiary/aromatic N) is 1. The van der Waals surface area contributed by atoms with Crippen LogP contribution in [0.25, 0.3) is 0 Å². The first-order valence-corrected chi connectivity index (χ1v) is 4.90. The molecule has 0 radical (unpaired) electrons. The van der Waals surface area contributed by atoms with Gasteiger partial charge in [0.05, 0.1) is 6.04 Å². The van der Waals surface area contributed by atoms with Crippen LogP contribution < -0.4 is 5.32 Å². The molecular weight excluding hydrogens is 152 g/mol. The van der Waals surface area contributed by atoms with E-state index in [0.29, 0.717) is 0 Å². The Hall–Kier alpha value is -0.570. The molecule has 0 aromatic carbocycles. The third kappa shape index (κ3) is 1.46. The molecule has 1 N–H and O–H groups in total. The van der Waals surface area contributed by atoms with Gasteiger partial charge in [0.15, 0.2) is 0 Å². The molecule has 12 heavy (non-hydrogen) atoms. The van der Waals surface area contributed by atoms with Crippen LogP contribution in [-0.2, 0) is 4.79 Å². The summed E-state index contributed by atoms with van der Waals surface area (Å²) >= 11 is 0. The van der Waals surface area contributed by atoms with Crippen molar-refractivity contribution in [2.75, 3.05) is 19.6 Å². The summed E-state index contributed by atoms with van der Waals surface area (Å²) in [5.41, 5.74) is 0. The summed E-state index contributed by atoms with van der Waals surface area (Å²) in [5.74, 6) is 0.253. The molecule has 2 heterocycles. The summed E-state index contributed by atoms with van der Waals surface area (Å²) in [5, 5.41) is 2.93. The fourth-order valence-electron chi connectivity index (χ4n) is 2.17. The van der Waals surface area contributed by atoms with E-state index in [1.54, 1.807) is 0 Å². The second-order valence-electron chi connectivity index (χ2n) is 3.69. The van der Waals surface area contributed by atoms with E-state index in [1.807, 2.05) is 0 Å². The van der Waals surface area contributed by atoms with Gasteiger partial charge in [-0.25, -0.2) is 0 Å². The van der Waals surface area contributed by atoms with Crippen LogP contribution in [0.4, 0.5) is 0 Å². The number of rotatable bonds is 0. The number of hydrogen-bond acceptors (Lipinski definition) is 2. The second-order valence-corrected chi connectivity index (χ2v) is 3.69. The minimum absolute atomic E-state index is 0.196. The Labute approximate surface area is 73.1 Å². The van der Waals surface area contributed by atoms with Crippen molar-refractivity contribution in [2.24, 2.45) is 0 Å². The molecule has 2 aliphatic heterocycles. The van der Waals surface area contributed by atoms with E-state index in [9.17, 15) is 4.79 Å². The molecule has 0 aromatic rings. The average Bonchev–Trinajstić information content (AvgIpc) is 2.30. The molecule has 3 heteroatoms. The number of piperazine rings is 1. The fourth-order valence-corrected chi connectivity index (χ4v) is 2.17. The third-order valence-electron chi connectivity index (χ3n) is 2.86. The second kappa shape index (κ2) is 3.44. The molecule has 0 unspecified atom stereocenters. The zero-order valence-corrected chi connectivity index (χ0v) is 7.38. The summed E-state index contributed by atoms with van der Waals surface area (Å²) in [6.45, 7) is 3.02. The topological polar surface area (TPSA) is 32.3 Å². The lowest BCUT2D eigenvalue weighted by atomic mass is 10.1. The SMILES string of the molecule is O=C1NCCN2CCCCC[C@H]12. The summed E-state index contributed by atoms with van der Waals surface area (Å²) < 4.78 is 0. The predicted octanol–water partition coefficient (Wildman–Crippen LogP) is 0.361. The molecule has 2 aliphatic rings. The summed E-state index contributed by atoms with van der Waals surface area (Å²) in [7, 11) is 0. The van der Waals surface area contributed by atoms with E-state index in [2.05, 4.69) is 10.2 Å². The van der Waals surface area contributed by atoms with E-state index < -0.39 is 0 Å². The normalized spacial score (nSPS) is 32.0. The minimum atomic E-state index is 0.196. The average molecular weight is 168 g/mol. The quantitative estimate of drug-likeness (QED) is 0.566. The van der Waals surface area contributed by atoms with Crippen LogP contribution in [0.15, 0.2) is 0 Å². The fraction of sp³-hybridized carbons (Fsp3) is 0.889. The Morgan fingerprint density at radius 3 is 3.08 bits per heavy atom. The number of nitrogens with one attached hydrogen (secondary N) is 1. The van der Waals surface area contributed by atoms with Crippen molar-refractivity contribution in [2.45, 2.75) is 31.7 Å². The molecule has 2 rings (SSSR count). The highest BCUT2D eigenvalue weighted by molar-refractivity contribution is 5.82. The summed E-state index contributed by atoms with van der Waals surface area (Å²) in [4.78, 5) is 13.8. The first-order valence-electron chi connectivity index (χ1n) is 4.90. The van der Waals surface area contributed by atoms with Crippen LogP contribution in [0.1, 0.15) is 25.7 Å². The highest BCUT2D eigenvalue weighted by Gasteiger charge is 2.29. The van der Waals surface area contributed by atoms with Crippen LogP contribution >= 0.6 is 0 Å². The maximum absolute atomic E-state index is 11.4. The molecule has 1 atom stereocenters. The first kappa shape index (κ1) is 8.05.